The van der Waals surface area contributed by atoms with Crippen LogP contribution in [0.15, 0.2) is 48.5 Å². The molecule has 0 bridgehead atoms. The number of hydrogen-bond donors (Lipinski definition) is 0. The summed E-state index contributed by atoms with van der Waals surface area (Å²) in [5.74, 6) is 1.14. The van der Waals surface area contributed by atoms with Gasteiger partial charge in [0.1, 0.15) is 5.75 Å². The topological polar surface area (TPSA) is 53.1 Å². The number of likely N-dealkylation sites (tertiary alicyclic amines) is 1. The van der Waals surface area contributed by atoms with Crippen LogP contribution in [0.2, 0.25) is 0 Å². The van der Waals surface area contributed by atoms with E-state index in [0.717, 1.165) is 50.1 Å². The van der Waals surface area contributed by atoms with Gasteiger partial charge in [-0.3, -0.25) is 9.59 Å². The smallest absolute Gasteiger partial charge is 0.228 e. The Labute approximate surface area is 208 Å². The van der Waals surface area contributed by atoms with Gasteiger partial charge in [-0.05, 0) is 49.1 Å². The Balaban J connectivity index is 1.32. The van der Waals surface area contributed by atoms with E-state index in [1.54, 1.807) is 7.11 Å². The zero-order chi connectivity index (χ0) is 24.4. The summed E-state index contributed by atoms with van der Waals surface area (Å²) in [7, 11) is 1.67. The minimum Gasteiger partial charge on any atom is -0.497 e. The number of benzene rings is 2. The first kappa shape index (κ1) is 23.7. The van der Waals surface area contributed by atoms with Crippen molar-refractivity contribution in [2.45, 2.75) is 38.5 Å². The van der Waals surface area contributed by atoms with E-state index in [-0.39, 0.29) is 29.6 Å². The molecule has 1 aliphatic carbocycles. The van der Waals surface area contributed by atoms with Gasteiger partial charge in [0.15, 0.2) is 0 Å². The average molecular weight is 476 g/mol. The number of rotatable bonds is 5. The van der Waals surface area contributed by atoms with E-state index in [9.17, 15) is 9.59 Å². The SMILES string of the molecule is COc1cccc([C@H]2CN(C(=O)C3CCCC3)C[C@@H]2C(=O)N2CCN(c3ccccc3C)CC2)c1. The summed E-state index contributed by atoms with van der Waals surface area (Å²) in [4.78, 5) is 33.6. The molecule has 2 atom stereocenters. The fraction of sp³-hybridized carbons (Fsp3) is 0.517. The predicted molar refractivity (Wildman–Crippen MR) is 138 cm³/mol. The molecule has 2 amide bonds. The molecule has 0 spiro atoms. The zero-order valence-electron chi connectivity index (χ0n) is 21.0. The molecule has 5 rings (SSSR count). The second-order valence-electron chi connectivity index (χ2n) is 10.3. The molecule has 2 aliphatic heterocycles. The Morgan fingerprint density at radius 2 is 1.60 bits per heavy atom. The number of para-hydroxylation sites is 1. The maximum absolute atomic E-state index is 13.9. The molecular weight excluding hydrogens is 438 g/mol. The van der Waals surface area contributed by atoms with Crippen LogP contribution in [0.3, 0.4) is 0 Å². The maximum atomic E-state index is 13.9. The van der Waals surface area contributed by atoms with Gasteiger partial charge in [0, 0.05) is 56.8 Å². The molecule has 1 saturated carbocycles. The van der Waals surface area contributed by atoms with Gasteiger partial charge in [-0.1, -0.05) is 43.2 Å². The van der Waals surface area contributed by atoms with Crippen LogP contribution in [0.25, 0.3) is 0 Å². The van der Waals surface area contributed by atoms with Crippen molar-refractivity contribution in [2.75, 3.05) is 51.3 Å². The summed E-state index contributed by atoms with van der Waals surface area (Å²) in [6.45, 7) is 6.36. The Hall–Kier alpha value is -3.02. The van der Waals surface area contributed by atoms with Crippen LogP contribution < -0.4 is 9.64 Å². The van der Waals surface area contributed by atoms with Gasteiger partial charge in [-0.2, -0.15) is 0 Å². The first-order valence-electron chi connectivity index (χ1n) is 13.1. The van der Waals surface area contributed by atoms with Gasteiger partial charge in [0.05, 0.1) is 13.0 Å². The average Bonchev–Trinajstić information content (AvgIpc) is 3.59. The number of hydrogen-bond acceptors (Lipinski definition) is 4. The van der Waals surface area contributed by atoms with E-state index < -0.39 is 0 Å². The zero-order valence-corrected chi connectivity index (χ0v) is 21.0. The van der Waals surface area contributed by atoms with E-state index in [1.807, 2.05) is 28.0 Å². The first-order valence-corrected chi connectivity index (χ1v) is 13.1. The highest BCUT2D eigenvalue weighted by Crippen LogP contribution is 2.38. The molecule has 0 unspecified atom stereocenters. The fourth-order valence-corrected chi connectivity index (χ4v) is 6.20. The van der Waals surface area contributed by atoms with E-state index in [2.05, 4.69) is 42.2 Å². The van der Waals surface area contributed by atoms with Crippen molar-refractivity contribution in [3.05, 3.63) is 59.7 Å². The summed E-state index contributed by atoms with van der Waals surface area (Å²) in [5.41, 5.74) is 3.60. The summed E-state index contributed by atoms with van der Waals surface area (Å²) >= 11 is 0. The standard InChI is InChI=1S/C29H37N3O3/c1-21-8-3-6-13-27(21)30-14-16-31(17-15-30)29(34)26-20-32(28(33)22-9-4-5-10-22)19-25(26)23-11-7-12-24(18-23)35-2/h3,6-8,11-13,18,22,25-26H,4-5,9-10,14-17,19-20H2,1-2H3/t25-,26+/m1/s1. The number of aryl methyl sites for hydroxylation is 1. The highest BCUT2D eigenvalue weighted by atomic mass is 16.5. The fourth-order valence-electron chi connectivity index (χ4n) is 6.20. The molecule has 2 saturated heterocycles. The van der Waals surface area contributed by atoms with Gasteiger partial charge in [-0.25, -0.2) is 0 Å². The number of ether oxygens (including phenoxy) is 1. The molecule has 0 N–H and O–H groups in total. The lowest BCUT2D eigenvalue weighted by Gasteiger charge is -2.38. The number of carbonyl (C=O) groups excluding carboxylic acids is 2. The Kier molecular flexibility index (Phi) is 6.98. The summed E-state index contributed by atoms with van der Waals surface area (Å²) in [6, 6.07) is 16.5. The van der Waals surface area contributed by atoms with E-state index in [0.29, 0.717) is 26.2 Å². The summed E-state index contributed by atoms with van der Waals surface area (Å²) in [5, 5.41) is 0. The lowest BCUT2D eigenvalue weighted by molar-refractivity contribution is -0.137. The van der Waals surface area contributed by atoms with Gasteiger partial charge in [0.2, 0.25) is 11.8 Å². The van der Waals surface area contributed by atoms with Crippen molar-refractivity contribution in [1.29, 1.82) is 0 Å². The van der Waals surface area contributed by atoms with Crippen molar-refractivity contribution in [1.82, 2.24) is 9.80 Å². The highest BCUT2D eigenvalue weighted by Gasteiger charge is 2.44. The van der Waals surface area contributed by atoms with Gasteiger partial charge in [-0.15, -0.1) is 0 Å². The number of carbonyl (C=O) groups is 2. The molecule has 0 radical (unpaired) electrons. The second-order valence-corrected chi connectivity index (χ2v) is 10.3. The quantitative estimate of drug-likeness (QED) is 0.654. The highest BCUT2D eigenvalue weighted by molar-refractivity contribution is 5.84. The molecular formula is C29H37N3O3. The first-order chi connectivity index (χ1) is 17.0. The van der Waals surface area contributed by atoms with Gasteiger partial charge < -0.3 is 19.4 Å². The van der Waals surface area contributed by atoms with Crippen LogP contribution in [-0.2, 0) is 9.59 Å². The predicted octanol–water partition coefficient (Wildman–Crippen LogP) is 4.08. The summed E-state index contributed by atoms with van der Waals surface area (Å²) in [6.07, 6.45) is 4.24. The molecule has 2 heterocycles. The third kappa shape index (κ3) is 4.89. The van der Waals surface area contributed by atoms with Crippen molar-refractivity contribution in [3.63, 3.8) is 0 Å². The molecule has 6 heteroatoms. The van der Waals surface area contributed by atoms with E-state index >= 15 is 0 Å². The normalized spacial score (nSPS) is 23.1. The monoisotopic (exact) mass is 475 g/mol. The number of piperazine rings is 1. The largest absolute Gasteiger partial charge is 0.497 e. The minimum absolute atomic E-state index is 0.00245. The third-order valence-corrected chi connectivity index (χ3v) is 8.22. The van der Waals surface area contributed by atoms with Crippen LogP contribution in [0, 0.1) is 18.8 Å². The maximum Gasteiger partial charge on any atom is 0.228 e. The number of nitrogens with zero attached hydrogens (tertiary/aromatic N) is 3. The van der Waals surface area contributed by atoms with Crippen LogP contribution in [0.1, 0.15) is 42.7 Å². The number of amides is 2. The number of anilines is 1. The molecule has 3 aliphatic rings. The van der Waals surface area contributed by atoms with Crippen molar-refractivity contribution in [3.8, 4) is 5.75 Å². The van der Waals surface area contributed by atoms with Crippen LogP contribution in [0.4, 0.5) is 5.69 Å². The molecule has 6 nitrogen and oxygen atoms in total. The van der Waals surface area contributed by atoms with Crippen LogP contribution >= 0.6 is 0 Å². The van der Waals surface area contributed by atoms with Crippen LogP contribution in [-0.4, -0.2) is 68.0 Å². The molecule has 3 fully saturated rings. The van der Waals surface area contributed by atoms with Crippen molar-refractivity contribution < 1.29 is 14.3 Å². The Morgan fingerprint density at radius 3 is 2.31 bits per heavy atom. The molecule has 2 aromatic rings. The van der Waals surface area contributed by atoms with Crippen molar-refractivity contribution in [2.24, 2.45) is 11.8 Å². The Bertz CT molecular complexity index is 1060. The molecule has 2 aromatic carbocycles. The lowest BCUT2D eigenvalue weighted by atomic mass is 9.87. The molecule has 35 heavy (non-hydrogen) atoms. The second kappa shape index (κ2) is 10.3. The van der Waals surface area contributed by atoms with Crippen molar-refractivity contribution >= 4 is 17.5 Å². The lowest BCUT2D eigenvalue weighted by Crippen LogP contribution is -2.51. The van der Waals surface area contributed by atoms with Gasteiger partial charge >= 0.3 is 0 Å². The summed E-state index contributed by atoms with van der Waals surface area (Å²) < 4.78 is 5.46. The van der Waals surface area contributed by atoms with Gasteiger partial charge in [0.25, 0.3) is 0 Å². The number of methoxy groups -OCH3 is 1. The van der Waals surface area contributed by atoms with Crippen LogP contribution in [0.5, 0.6) is 5.75 Å². The molecule has 0 aromatic heterocycles. The Morgan fingerprint density at radius 1 is 0.857 bits per heavy atom. The third-order valence-electron chi connectivity index (χ3n) is 8.22. The van der Waals surface area contributed by atoms with E-state index in [4.69, 9.17) is 4.74 Å². The minimum atomic E-state index is -0.211. The van der Waals surface area contributed by atoms with E-state index in [1.165, 1.54) is 11.3 Å². The molecule has 186 valence electrons.